The van der Waals surface area contributed by atoms with E-state index in [2.05, 4.69) is 15.5 Å². The summed E-state index contributed by atoms with van der Waals surface area (Å²) in [4.78, 5) is 17.8. The molecule has 0 saturated heterocycles. The minimum Gasteiger partial charge on any atom is -0.348 e. The van der Waals surface area contributed by atoms with Crippen molar-refractivity contribution >= 4 is 16.9 Å². The first-order valence-electron chi connectivity index (χ1n) is 9.92. The number of carbonyl (C=O) groups excluding carboxylic acids is 1. The number of halogens is 1. The molecule has 30 heavy (non-hydrogen) atoms. The summed E-state index contributed by atoms with van der Waals surface area (Å²) in [5.41, 5.74) is 4.12. The van der Waals surface area contributed by atoms with Crippen LogP contribution in [0.4, 0.5) is 4.39 Å². The number of aromatic nitrogens is 5. The molecule has 0 atom stereocenters. The number of hydrogen-bond donors (Lipinski definition) is 1. The predicted molar refractivity (Wildman–Crippen MR) is 110 cm³/mol. The van der Waals surface area contributed by atoms with Gasteiger partial charge in [-0.2, -0.15) is 10.2 Å². The van der Waals surface area contributed by atoms with Crippen molar-refractivity contribution in [3.63, 3.8) is 0 Å². The van der Waals surface area contributed by atoms with E-state index in [1.807, 2.05) is 20.0 Å². The summed E-state index contributed by atoms with van der Waals surface area (Å²) in [6.07, 6.45) is 5.42. The van der Waals surface area contributed by atoms with Gasteiger partial charge in [-0.05, 0) is 38.0 Å². The topological polar surface area (TPSA) is 77.6 Å². The maximum absolute atomic E-state index is 14.4. The Kier molecular flexibility index (Phi) is 4.34. The van der Waals surface area contributed by atoms with Crippen molar-refractivity contribution in [3.05, 3.63) is 71.1 Å². The standard InChI is InChI=1S/C22H21FN6O/c1-13-15(11-25-28(13)2)10-24-22(30)16-9-19(14-7-8-14)27-21-17(16)12-26-29(21)20-6-4-3-5-18(20)23/h3-6,9,11-12,14H,7-8,10H2,1-2H3,(H,24,30). The predicted octanol–water partition coefficient (Wildman–Crippen LogP) is 3.41. The van der Waals surface area contributed by atoms with Gasteiger partial charge in [-0.15, -0.1) is 0 Å². The number of benzene rings is 1. The Morgan fingerprint density at radius 3 is 2.73 bits per heavy atom. The third kappa shape index (κ3) is 3.14. The first kappa shape index (κ1) is 18.5. The van der Waals surface area contributed by atoms with Crippen LogP contribution in [0.3, 0.4) is 0 Å². The van der Waals surface area contributed by atoms with Crippen LogP contribution in [0.2, 0.25) is 0 Å². The number of para-hydroxylation sites is 1. The highest BCUT2D eigenvalue weighted by Crippen LogP contribution is 2.40. The number of carbonyl (C=O) groups is 1. The molecule has 0 spiro atoms. The molecular weight excluding hydrogens is 383 g/mol. The molecule has 152 valence electrons. The van der Waals surface area contributed by atoms with Crippen molar-refractivity contribution in [3.8, 4) is 5.69 Å². The molecule has 8 heteroatoms. The summed E-state index contributed by atoms with van der Waals surface area (Å²) >= 11 is 0. The van der Waals surface area contributed by atoms with Gasteiger partial charge in [0.05, 0.1) is 23.3 Å². The van der Waals surface area contributed by atoms with E-state index in [1.165, 1.54) is 10.7 Å². The number of nitrogens with zero attached hydrogens (tertiary/aromatic N) is 5. The Morgan fingerprint density at radius 2 is 2.03 bits per heavy atom. The van der Waals surface area contributed by atoms with Crippen molar-refractivity contribution in [2.75, 3.05) is 0 Å². The van der Waals surface area contributed by atoms with E-state index < -0.39 is 0 Å². The summed E-state index contributed by atoms with van der Waals surface area (Å²) < 4.78 is 17.6. The number of rotatable bonds is 5. The summed E-state index contributed by atoms with van der Waals surface area (Å²) in [6.45, 7) is 2.34. The van der Waals surface area contributed by atoms with Gasteiger partial charge in [0, 0.05) is 36.5 Å². The lowest BCUT2D eigenvalue weighted by Crippen LogP contribution is -2.23. The molecule has 1 aromatic carbocycles. The van der Waals surface area contributed by atoms with Crippen LogP contribution in [-0.2, 0) is 13.6 Å². The molecule has 3 aromatic heterocycles. The lowest BCUT2D eigenvalue weighted by Gasteiger charge is -2.10. The quantitative estimate of drug-likeness (QED) is 0.553. The van der Waals surface area contributed by atoms with Crippen LogP contribution in [0.5, 0.6) is 0 Å². The number of fused-ring (bicyclic) bond motifs is 1. The fourth-order valence-corrected chi connectivity index (χ4v) is 3.58. The second-order valence-electron chi connectivity index (χ2n) is 7.68. The third-order valence-electron chi connectivity index (χ3n) is 5.66. The number of amides is 1. The highest BCUT2D eigenvalue weighted by molar-refractivity contribution is 6.05. The van der Waals surface area contributed by atoms with Gasteiger partial charge in [0.15, 0.2) is 5.65 Å². The Labute approximate surface area is 172 Å². The van der Waals surface area contributed by atoms with E-state index >= 15 is 0 Å². The number of hydrogen-bond acceptors (Lipinski definition) is 4. The summed E-state index contributed by atoms with van der Waals surface area (Å²) in [5, 5.41) is 12.1. The van der Waals surface area contributed by atoms with Gasteiger partial charge in [-0.1, -0.05) is 12.1 Å². The van der Waals surface area contributed by atoms with E-state index in [0.717, 1.165) is 29.8 Å². The summed E-state index contributed by atoms with van der Waals surface area (Å²) in [6, 6.07) is 8.27. The molecule has 0 bridgehead atoms. The monoisotopic (exact) mass is 404 g/mol. The fraction of sp³-hybridized carbons (Fsp3) is 0.273. The van der Waals surface area contributed by atoms with Crippen LogP contribution in [0.15, 0.2) is 42.7 Å². The van der Waals surface area contributed by atoms with Gasteiger partial charge in [0.2, 0.25) is 0 Å². The molecule has 0 unspecified atom stereocenters. The van der Waals surface area contributed by atoms with E-state index in [1.54, 1.807) is 35.3 Å². The zero-order valence-corrected chi connectivity index (χ0v) is 16.8. The first-order valence-corrected chi connectivity index (χ1v) is 9.92. The average molecular weight is 404 g/mol. The van der Waals surface area contributed by atoms with Gasteiger partial charge in [-0.25, -0.2) is 14.1 Å². The number of aryl methyl sites for hydroxylation is 1. The fourth-order valence-electron chi connectivity index (χ4n) is 3.58. The van der Waals surface area contributed by atoms with E-state index in [-0.39, 0.29) is 11.7 Å². The van der Waals surface area contributed by atoms with Crippen LogP contribution in [0.25, 0.3) is 16.7 Å². The molecule has 1 saturated carbocycles. The summed E-state index contributed by atoms with van der Waals surface area (Å²) in [5.74, 6) is -0.259. The molecule has 0 radical (unpaired) electrons. The maximum Gasteiger partial charge on any atom is 0.252 e. The van der Waals surface area contributed by atoms with Gasteiger partial charge < -0.3 is 5.32 Å². The Hall–Kier alpha value is -3.55. The second-order valence-corrected chi connectivity index (χ2v) is 7.68. The summed E-state index contributed by atoms with van der Waals surface area (Å²) in [7, 11) is 1.87. The van der Waals surface area contributed by atoms with Crippen molar-refractivity contribution < 1.29 is 9.18 Å². The maximum atomic E-state index is 14.4. The highest BCUT2D eigenvalue weighted by Gasteiger charge is 2.28. The molecule has 1 fully saturated rings. The van der Waals surface area contributed by atoms with Crippen LogP contribution in [0.1, 0.15) is 46.1 Å². The molecular formula is C22H21FN6O. The van der Waals surface area contributed by atoms with Crippen molar-refractivity contribution in [2.24, 2.45) is 7.05 Å². The molecule has 7 nitrogen and oxygen atoms in total. The van der Waals surface area contributed by atoms with Crippen molar-refractivity contribution in [2.45, 2.75) is 32.2 Å². The molecule has 3 heterocycles. The zero-order valence-electron chi connectivity index (χ0n) is 16.8. The van der Waals surface area contributed by atoms with Gasteiger partial charge in [-0.3, -0.25) is 9.48 Å². The third-order valence-corrected chi connectivity index (χ3v) is 5.66. The van der Waals surface area contributed by atoms with E-state index in [9.17, 15) is 9.18 Å². The van der Waals surface area contributed by atoms with Crippen molar-refractivity contribution in [1.29, 1.82) is 0 Å². The average Bonchev–Trinajstić information content (AvgIpc) is 3.44. The van der Waals surface area contributed by atoms with Crippen LogP contribution >= 0.6 is 0 Å². The molecule has 4 aromatic rings. The molecule has 5 rings (SSSR count). The molecule has 0 aliphatic heterocycles. The van der Waals surface area contributed by atoms with Gasteiger partial charge >= 0.3 is 0 Å². The van der Waals surface area contributed by atoms with Crippen LogP contribution in [0, 0.1) is 12.7 Å². The molecule has 1 aliphatic rings. The SMILES string of the molecule is Cc1c(CNC(=O)c2cc(C3CC3)nc3c2cnn3-c2ccccc2F)cnn1C. The smallest absolute Gasteiger partial charge is 0.252 e. The zero-order chi connectivity index (χ0) is 20.8. The lowest BCUT2D eigenvalue weighted by molar-refractivity contribution is 0.0952. The minimum absolute atomic E-state index is 0.208. The first-order chi connectivity index (χ1) is 14.5. The normalized spacial score (nSPS) is 13.7. The Balaban J connectivity index is 1.55. The number of nitrogens with one attached hydrogen (secondary N) is 1. The number of pyridine rings is 1. The van der Waals surface area contributed by atoms with E-state index in [4.69, 9.17) is 4.98 Å². The van der Waals surface area contributed by atoms with Gasteiger partial charge in [0.1, 0.15) is 11.5 Å². The van der Waals surface area contributed by atoms with Crippen LogP contribution < -0.4 is 5.32 Å². The Morgan fingerprint density at radius 1 is 1.23 bits per heavy atom. The highest BCUT2D eigenvalue weighted by atomic mass is 19.1. The Bertz CT molecular complexity index is 1270. The largest absolute Gasteiger partial charge is 0.348 e. The molecule has 1 aliphatic carbocycles. The second kappa shape index (κ2) is 7.05. The molecule has 1 N–H and O–H groups in total. The minimum atomic E-state index is -0.390. The van der Waals surface area contributed by atoms with Gasteiger partial charge in [0.25, 0.3) is 5.91 Å². The van der Waals surface area contributed by atoms with E-state index in [0.29, 0.717) is 34.7 Å². The van der Waals surface area contributed by atoms with Crippen molar-refractivity contribution in [1.82, 2.24) is 29.9 Å². The molecule has 1 amide bonds. The van der Waals surface area contributed by atoms with Crippen LogP contribution in [-0.4, -0.2) is 30.5 Å². The lowest BCUT2D eigenvalue weighted by atomic mass is 10.1.